The zero-order chi connectivity index (χ0) is 22.6. The van der Waals surface area contributed by atoms with Crippen molar-refractivity contribution in [3.63, 3.8) is 0 Å². The van der Waals surface area contributed by atoms with E-state index in [0.29, 0.717) is 23.7 Å². The van der Waals surface area contributed by atoms with Crippen LogP contribution in [0.1, 0.15) is 47.7 Å². The van der Waals surface area contributed by atoms with Gasteiger partial charge in [0.25, 0.3) is 11.8 Å². The number of hydrogen-bond donors (Lipinski definition) is 3. The zero-order valence-corrected chi connectivity index (χ0v) is 18.9. The van der Waals surface area contributed by atoms with E-state index in [2.05, 4.69) is 23.1 Å². The number of thiocarbonyl (C=S) groups is 1. The monoisotopic (exact) mass is 443 g/mol. The van der Waals surface area contributed by atoms with E-state index in [1.807, 2.05) is 32.0 Å². The number of hydrogen-bond acceptors (Lipinski definition) is 5. The van der Waals surface area contributed by atoms with E-state index in [1.54, 1.807) is 24.3 Å². The van der Waals surface area contributed by atoms with Crippen LogP contribution in [0.15, 0.2) is 42.5 Å². The first kappa shape index (κ1) is 24.1. The molecule has 2 amide bonds. The first-order chi connectivity index (χ1) is 14.9. The van der Waals surface area contributed by atoms with Gasteiger partial charge in [-0.1, -0.05) is 25.8 Å². The second-order valence-corrected chi connectivity index (χ2v) is 7.56. The van der Waals surface area contributed by atoms with Crippen LogP contribution in [0, 0.1) is 13.8 Å². The summed E-state index contributed by atoms with van der Waals surface area (Å²) in [5.74, 6) is 0.502. The zero-order valence-electron chi connectivity index (χ0n) is 18.1. The number of carbonyl (C=O) groups is 2. The molecule has 0 atom stereocenters. The van der Waals surface area contributed by atoms with E-state index in [9.17, 15) is 9.59 Å². The van der Waals surface area contributed by atoms with Crippen LogP contribution in [0.5, 0.6) is 11.5 Å². The SMILES string of the molecule is CCCCCOc1ccc(C(=O)NC(=S)NNC(=O)COc2cc(C)cc(C)c2)cc1. The molecule has 0 radical (unpaired) electrons. The van der Waals surface area contributed by atoms with Gasteiger partial charge in [0, 0.05) is 5.56 Å². The molecule has 0 aromatic heterocycles. The molecule has 2 aromatic rings. The third-order valence-corrected chi connectivity index (χ3v) is 4.44. The molecule has 2 aromatic carbocycles. The minimum atomic E-state index is -0.430. The number of carbonyl (C=O) groups excluding carboxylic acids is 2. The molecule has 7 nitrogen and oxygen atoms in total. The van der Waals surface area contributed by atoms with Crippen molar-refractivity contribution in [3.8, 4) is 11.5 Å². The Bertz CT molecular complexity index is 880. The second kappa shape index (κ2) is 12.5. The van der Waals surface area contributed by atoms with Gasteiger partial charge in [-0.3, -0.25) is 25.8 Å². The predicted octanol–water partition coefficient (Wildman–Crippen LogP) is 3.59. The van der Waals surface area contributed by atoms with Crippen LogP contribution in [-0.4, -0.2) is 30.1 Å². The fourth-order valence-corrected chi connectivity index (χ4v) is 2.92. The number of aryl methyl sites for hydroxylation is 2. The van der Waals surface area contributed by atoms with Crippen molar-refractivity contribution in [2.24, 2.45) is 0 Å². The summed E-state index contributed by atoms with van der Waals surface area (Å²) in [5, 5.41) is 2.48. The van der Waals surface area contributed by atoms with Crippen LogP contribution < -0.4 is 25.6 Å². The molecule has 0 aliphatic heterocycles. The number of amides is 2. The van der Waals surface area contributed by atoms with Crippen molar-refractivity contribution in [2.45, 2.75) is 40.0 Å². The van der Waals surface area contributed by atoms with Crippen LogP contribution in [0.2, 0.25) is 0 Å². The highest BCUT2D eigenvalue weighted by molar-refractivity contribution is 7.80. The molecular formula is C23H29N3O4S. The van der Waals surface area contributed by atoms with E-state index in [-0.39, 0.29) is 11.7 Å². The molecule has 0 heterocycles. The van der Waals surface area contributed by atoms with E-state index in [1.165, 1.54) is 0 Å². The van der Waals surface area contributed by atoms with E-state index in [4.69, 9.17) is 21.7 Å². The first-order valence-electron chi connectivity index (χ1n) is 10.2. The quantitative estimate of drug-likeness (QED) is 0.312. The molecule has 166 valence electrons. The molecule has 31 heavy (non-hydrogen) atoms. The maximum Gasteiger partial charge on any atom is 0.276 e. The van der Waals surface area contributed by atoms with Crippen LogP contribution in [0.25, 0.3) is 0 Å². The van der Waals surface area contributed by atoms with Gasteiger partial charge in [0.05, 0.1) is 6.61 Å². The third kappa shape index (κ3) is 9.04. The van der Waals surface area contributed by atoms with Gasteiger partial charge in [-0.05, 0) is 80.0 Å². The van der Waals surface area contributed by atoms with Gasteiger partial charge in [-0.15, -0.1) is 0 Å². The Kier molecular flexibility index (Phi) is 9.77. The minimum absolute atomic E-state index is 0.0235. The lowest BCUT2D eigenvalue weighted by Crippen LogP contribution is -2.49. The molecular weight excluding hydrogens is 414 g/mol. The molecule has 0 fully saturated rings. The fourth-order valence-electron chi connectivity index (χ4n) is 2.78. The average Bonchev–Trinajstić information content (AvgIpc) is 2.73. The van der Waals surface area contributed by atoms with Gasteiger partial charge in [0.1, 0.15) is 11.5 Å². The Labute approximate surface area is 188 Å². The van der Waals surface area contributed by atoms with Crippen LogP contribution in [0.4, 0.5) is 0 Å². The third-order valence-electron chi connectivity index (χ3n) is 4.24. The average molecular weight is 444 g/mol. The Morgan fingerprint density at radius 1 is 0.903 bits per heavy atom. The summed E-state index contributed by atoms with van der Waals surface area (Å²) < 4.78 is 11.1. The van der Waals surface area contributed by atoms with Crippen molar-refractivity contribution < 1.29 is 19.1 Å². The van der Waals surface area contributed by atoms with E-state index < -0.39 is 11.8 Å². The number of hydrazine groups is 1. The minimum Gasteiger partial charge on any atom is -0.494 e. The second-order valence-electron chi connectivity index (χ2n) is 7.15. The molecule has 0 saturated heterocycles. The van der Waals surface area contributed by atoms with Crippen molar-refractivity contribution in [2.75, 3.05) is 13.2 Å². The normalized spacial score (nSPS) is 10.2. The van der Waals surface area contributed by atoms with Gasteiger partial charge in [-0.25, -0.2) is 0 Å². The number of rotatable bonds is 9. The summed E-state index contributed by atoms with van der Waals surface area (Å²) >= 11 is 5.05. The van der Waals surface area contributed by atoms with Crippen LogP contribution in [-0.2, 0) is 4.79 Å². The Balaban J connectivity index is 1.71. The lowest BCUT2D eigenvalue weighted by atomic mass is 10.1. The number of nitrogens with one attached hydrogen (secondary N) is 3. The lowest BCUT2D eigenvalue weighted by Gasteiger charge is -2.12. The van der Waals surface area contributed by atoms with E-state index >= 15 is 0 Å². The molecule has 2 rings (SSSR count). The summed E-state index contributed by atoms with van der Waals surface area (Å²) in [5.41, 5.74) is 7.40. The highest BCUT2D eigenvalue weighted by Crippen LogP contribution is 2.16. The summed E-state index contributed by atoms with van der Waals surface area (Å²) in [7, 11) is 0. The summed E-state index contributed by atoms with van der Waals surface area (Å²) in [6.07, 6.45) is 3.26. The van der Waals surface area contributed by atoms with Crippen molar-refractivity contribution in [1.29, 1.82) is 0 Å². The first-order valence-corrected chi connectivity index (χ1v) is 10.6. The molecule has 0 aliphatic rings. The van der Waals surface area contributed by atoms with Gasteiger partial charge in [0.15, 0.2) is 11.7 Å². The molecule has 0 spiro atoms. The maximum atomic E-state index is 12.3. The van der Waals surface area contributed by atoms with Crippen molar-refractivity contribution in [3.05, 3.63) is 59.2 Å². The Hall–Kier alpha value is -3.13. The highest BCUT2D eigenvalue weighted by atomic mass is 32.1. The van der Waals surface area contributed by atoms with Crippen LogP contribution in [0.3, 0.4) is 0 Å². The summed E-state index contributed by atoms with van der Waals surface area (Å²) in [6, 6.07) is 12.5. The predicted molar refractivity (Wildman–Crippen MR) is 124 cm³/mol. The summed E-state index contributed by atoms with van der Waals surface area (Å²) in [4.78, 5) is 24.2. The van der Waals surface area contributed by atoms with Gasteiger partial charge >= 0.3 is 0 Å². The summed E-state index contributed by atoms with van der Waals surface area (Å²) in [6.45, 7) is 6.51. The van der Waals surface area contributed by atoms with Crippen molar-refractivity contribution in [1.82, 2.24) is 16.2 Å². The van der Waals surface area contributed by atoms with E-state index in [0.717, 1.165) is 30.4 Å². The smallest absolute Gasteiger partial charge is 0.276 e. The van der Waals surface area contributed by atoms with Gasteiger partial charge in [0.2, 0.25) is 0 Å². The van der Waals surface area contributed by atoms with Gasteiger partial charge in [-0.2, -0.15) is 0 Å². The molecule has 3 N–H and O–H groups in total. The molecule has 8 heteroatoms. The fraction of sp³-hybridized carbons (Fsp3) is 0.348. The molecule has 0 bridgehead atoms. The Morgan fingerprint density at radius 3 is 2.23 bits per heavy atom. The molecule has 0 unspecified atom stereocenters. The van der Waals surface area contributed by atoms with Crippen LogP contribution >= 0.6 is 12.2 Å². The number of unbranched alkanes of at least 4 members (excludes halogenated alkanes) is 2. The topological polar surface area (TPSA) is 88.7 Å². The molecule has 0 saturated carbocycles. The largest absolute Gasteiger partial charge is 0.494 e. The highest BCUT2D eigenvalue weighted by Gasteiger charge is 2.09. The standard InChI is InChI=1S/C23H29N3O4S/c1-4-5-6-11-29-19-9-7-18(8-10-19)22(28)24-23(31)26-25-21(27)15-30-20-13-16(2)12-17(3)14-20/h7-10,12-14H,4-6,11,15H2,1-3H3,(H,25,27)(H2,24,26,28,31). The number of ether oxygens (including phenoxy) is 2. The van der Waals surface area contributed by atoms with Crippen molar-refractivity contribution >= 4 is 29.1 Å². The lowest BCUT2D eigenvalue weighted by molar-refractivity contribution is -0.123. The molecule has 0 aliphatic carbocycles. The maximum absolute atomic E-state index is 12.3. The Morgan fingerprint density at radius 2 is 1.58 bits per heavy atom. The number of benzene rings is 2. The van der Waals surface area contributed by atoms with Gasteiger partial charge < -0.3 is 9.47 Å².